The molecular weight excluding hydrogens is 230 g/mol. The van der Waals surface area contributed by atoms with Crippen molar-refractivity contribution in [3.05, 3.63) is 41.5 Å². The lowest BCUT2D eigenvalue weighted by atomic mass is 10.2. The van der Waals surface area contributed by atoms with Gasteiger partial charge in [-0.1, -0.05) is 13.3 Å². The fraction of sp³-hybridized carbons (Fsp3) is 0.308. The van der Waals surface area contributed by atoms with E-state index in [0.29, 0.717) is 0 Å². The topological polar surface area (TPSA) is 68.0 Å². The minimum Gasteiger partial charge on any atom is -0.476 e. The minimum absolute atomic E-state index is 0.0768. The lowest BCUT2D eigenvalue weighted by molar-refractivity contribution is 0.0690. The Bertz CT molecular complexity index is 575. The first-order valence-corrected chi connectivity index (χ1v) is 5.87. The number of carbonyl (C=O) groups is 1. The summed E-state index contributed by atoms with van der Waals surface area (Å²) in [7, 11) is 0. The number of nitrogens with zero attached hydrogens (tertiary/aromatic N) is 3. The molecule has 2 heterocycles. The molecule has 0 aromatic carbocycles. The van der Waals surface area contributed by atoms with Crippen molar-refractivity contribution in [2.75, 3.05) is 0 Å². The molecule has 0 aliphatic rings. The van der Waals surface area contributed by atoms with E-state index in [9.17, 15) is 4.79 Å². The average molecular weight is 245 g/mol. The molecule has 0 spiro atoms. The van der Waals surface area contributed by atoms with E-state index in [0.717, 1.165) is 29.9 Å². The molecule has 0 saturated carbocycles. The highest BCUT2D eigenvalue weighted by molar-refractivity contribution is 5.85. The van der Waals surface area contributed by atoms with E-state index >= 15 is 0 Å². The van der Waals surface area contributed by atoms with Gasteiger partial charge in [-0.3, -0.25) is 4.98 Å². The molecule has 0 unspecified atom stereocenters. The van der Waals surface area contributed by atoms with Crippen LogP contribution in [-0.4, -0.2) is 25.8 Å². The van der Waals surface area contributed by atoms with Crippen LogP contribution >= 0.6 is 0 Å². The van der Waals surface area contributed by atoms with Crippen molar-refractivity contribution in [3.63, 3.8) is 0 Å². The molecule has 0 aliphatic heterocycles. The summed E-state index contributed by atoms with van der Waals surface area (Å²) in [6.07, 6.45) is 3.43. The molecule has 2 aromatic rings. The second kappa shape index (κ2) is 5.00. The average Bonchev–Trinajstić information content (AvgIpc) is 2.74. The number of hydrogen-bond acceptors (Lipinski definition) is 3. The maximum atomic E-state index is 11.0. The Labute approximate surface area is 105 Å². The van der Waals surface area contributed by atoms with Gasteiger partial charge in [-0.25, -0.2) is 9.48 Å². The lowest BCUT2D eigenvalue weighted by Crippen LogP contribution is -2.04. The Hall–Kier alpha value is -2.17. The summed E-state index contributed by atoms with van der Waals surface area (Å²) in [5.41, 5.74) is 2.70. The summed E-state index contributed by atoms with van der Waals surface area (Å²) >= 11 is 0. The van der Waals surface area contributed by atoms with E-state index in [4.69, 9.17) is 5.11 Å². The first-order chi connectivity index (χ1) is 8.61. The standard InChI is InChI=1S/C13H15N3O2/c1-3-4-10-8-12(13(17)18)15-16(10)11-5-6-14-9(2)7-11/h5-8H,3-4H2,1-2H3,(H,17,18). The molecule has 18 heavy (non-hydrogen) atoms. The van der Waals surface area contributed by atoms with Crippen LogP contribution in [0.25, 0.3) is 5.69 Å². The highest BCUT2D eigenvalue weighted by atomic mass is 16.4. The van der Waals surface area contributed by atoms with E-state index in [2.05, 4.69) is 17.0 Å². The Morgan fingerprint density at radius 1 is 1.44 bits per heavy atom. The van der Waals surface area contributed by atoms with Crippen molar-refractivity contribution in [1.82, 2.24) is 14.8 Å². The zero-order valence-corrected chi connectivity index (χ0v) is 10.4. The van der Waals surface area contributed by atoms with Gasteiger partial charge in [0.1, 0.15) is 0 Å². The second-order valence-electron chi connectivity index (χ2n) is 4.14. The molecule has 0 radical (unpaired) electrons. The number of aryl methyl sites for hydroxylation is 2. The molecule has 2 rings (SSSR count). The monoisotopic (exact) mass is 245 g/mol. The third-order valence-corrected chi connectivity index (χ3v) is 2.63. The second-order valence-corrected chi connectivity index (χ2v) is 4.14. The van der Waals surface area contributed by atoms with Crippen molar-refractivity contribution < 1.29 is 9.90 Å². The Morgan fingerprint density at radius 3 is 2.83 bits per heavy atom. The normalized spacial score (nSPS) is 10.6. The summed E-state index contributed by atoms with van der Waals surface area (Å²) in [4.78, 5) is 15.1. The number of hydrogen-bond donors (Lipinski definition) is 1. The van der Waals surface area contributed by atoms with E-state index < -0.39 is 5.97 Å². The minimum atomic E-state index is -1.00. The first kappa shape index (κ1) is 12.3. The van der Waals surface area contributed by atoms with Crippen LogP contribution in [0.2, 0.25) is 0 Å². The highest BCUT2D eigenvalue weighted by Gasteiger charge is 2.13. The molecule has 94 valence electrons. The predicted octanol–water partition coefficient (Wildman–Crippen LogP) is 2.23. The molecule has 0 saturated heterocycles. The zero-order valence-electron chi connectivity index (χ0n) is 10.4. The van der Waals surface area contributed by atoms with Gasteiger partial charge >= 0.3 is 5.97 Å². The highest BCUT2D eigenvalue weighted by Crippen LogP contribution is 2.15. The Morgan fingerprint density at radius 2 is 2.22 bits per heavy atom. The van der Waals surface area contributed by atoms with Crippen molar-refractivity contribution >= 4 is 5.97 Å². The Kier molecular flexibility index (Phi) is 3.41. The van der Waals surface area contributed by atoms with E-state index in [1.807, 2.05) is 19.1 Å². The molecule has 0 aliphatic carbocycles. The van der Waals surface area contributed by atoms with Gasteiger partial charge in [-0.15, -0.1) is 0 Å². The molecule has 1 N–H and O–H groups in total. The fourth-order valence-electron chi connectivity index (χ4n) is 1.84. The number of aromatic nitrogens is 3. The molecular formula is C13H15N3O2. The molecule has 5 nitrogen and oxygen atoms in total. The van der Waals surface area contributed by atoms with Crippen molar-refractivity contribution in [2.45, 2.75) is 26.7 Å². The third-order valence-electron chi connectivity index (χ3n) is 2.63. The van der Waals surface area contributed by atoms with E-state index in [-0.39, 0.29) is 5.69 Å². The maximum absolute atomic E-state index is 11.0. The summed E-state index contributed by atoms with van der Waals surface area (Å²) in [5, 5.41) is 13.1. The van der Waals surface area contributed by atoms with Crippen molar-refractivity contribution in [2.24, 2.45) is 0 Å². The largest absolute Gasteiger partial charge is 0.476 e. The SMILES string of the molecule is CCCc1cc(C(=O)O)nn1-c1ccnc(C)c1. The molecule has 2 aromatic heterocycles. The van der Waals surface area contributed by atoms with Gasteiger partial charge in [0.05, 0.1) is 5.69 Å². The van der Waals surface area contributed by atoms with Crippen LogP contribution in [0.5, 0.6) is 0 Å². The van der Waals surface area contributed by atoms with Crippen molar-refractivity contribution in [3.8, 4) is 5.69 Å². The molecule has 0 fully saturated rings. The quantitative estimate of drug-likeness (QED) is 0.896. The van der Waals surface area contributed by atoms with E-state index in [1.165, 1.54) is 0 Å². The van der Waals surface area contributed by atoms with Crippen LogP contribution in [0.1, 0.15) is 35.2 Å². The number of pyridine rings is 1. The van der Waals surface area contributed by atoms with Crippen molar-refractivity contribution in [1.29, 1.82) is 0 Å². The van der Waals surface area contributed by atoms with Crippen LogP contribution < -0.4 is 0 Å². The number of rotatable bonds is 4. The van der Waals surface area contributed by atoms with Gasteiger partial charge < -0.3 is 5.11 Å². The fourth-order valence-corrected chi connectivity index (χ4v) is 1.84. The van der Waals surface area contributed by atoms with Gasteiger partial charge in [0, 0.05) is 17.6 Å². The molecule has 0 atom stereocenters. The maximum Gasteiger partial charge on any atom is 0.356 e. The smallest absolute Gasteiger partial charge is 0.356 e. The van der Waals surface area contributed by atoms with Crippen LogP contribution in [0, 0.1) is 6.92 Å². The van der Waals surface area contributed by atoms with Crippen LogP contribution in [0.15, 0.2) is 24.4 Å². The van der Waals surface area contributed by atoms with Gasteiger partial charge in [0.2, 0.25) is 0 Å². The summed E-state index contributed by atoms with van der Waals surface area (Å²) < 4.78 is 1.68. The van der Waals surface area contributed by atoms with Gasteiger partial charge in [-0.2, -0.15) is 5.10 Å². The van der Waals surface area contributed by atoms with Crippen LogP contribution in [0.4, 0.5) is 0 Å². The van der Waals surface area contributed by atoms with E-state index in [1.54, 1.807) is 16.9 Å². The molecule has 5 heteroatoms. The summed E-state index contributed by atoms with van der Waals surface area (Å²) in [5.74, 6) is -1.00. The van der Waals surface area contributed by atoms with Gasteiger partial charge in [-0.05, 0) is 31.5 Å². The van der Waals surface area contributed by atoms with Gasteiger partial charge in [0.15, 0.2) is 5.69 Å². The molecule has 0 bridgehead atoms. The molecule has 0 amide bonds. The van der Waals surface area contributed by atoms with Gasteiger partial charge in [0.25, 0.3) is 0 Å². The predicted molar refractivity (Wildman–Crippen MR) is 67.1 cm³/mol. The number of carboxylic acids is 1. The number of aromatic carboxylic acids is 1. The van der Waals surface area contributed by atoms with Crippen LogP contribution in [0.3, 0.4) is 0 Å². The first-order valence-electron chi connectivity index (χ1n) is 5.87. The number of carboxylic acid groups (broad SMARTS) is 1. The zero-order chi connectivity index (χ0) is 13.1. The third kappa shape index (κ3) is 2.40. The van der Waals surface area contributed by atoms with Crippen LogP contribution in [-0.2, 0) is 6.42 Å². The summed E-state index contributed by atoms with van der Waals surface area (Å²) in [6.45, 7) is 3.94. The Balaban J connectivity index is 2.51. The summed E-state index contributed by atoms with van der Waals surface area (Å²) in [6, 6.07) is 5.34. The lowest BCUT2D eigenvalue weighted by Gasteiger charge is -2.06.